The first-order chi connectivity index (χ1) is 7.83. The Morgan fingerprint density at radius 2 is 1.62 bits per heavy atom. The molecule has 2 aliphatic rings. The first-order valence-electron chi connectivity index (χ1n) is 6.79. The van der Waals surface area contributed by atoms with Crippen LogP contribution in [0.4, 0.5) is 0 Å². The van der Waals surface area contributed by atoms with Gasteiger partial charge in [0.2, 0.25) is 0 Å². The summed E-state index contributed by atoms with van der Waals surface area (Å²) in [5.74, 6) is 1.92. The average Bonchev–Trinajstić information content (AvgIpc) is 2.78. The van der Waals surface area contributed by atoms with Gasteiger partial charge in [-0.3, -0.25) is 4.90 Å². The lowest BCUT2D eigenvalue weighted by molar-refractivity contribution is -0.145. The van der Waals surface area contributed by atoms with Crippen molar-refractivity contribution in [1.82, 2.24) is 4.90 Å². The van der Waals surface area contributed by atoms with Crippen LogP contribution < -0.4 is 0 Å². The molecule has 1 aliphatic heterocycles. The summed E-state index contributed by atoms with van der Waals surface area (Å²) >= 11 is 0. The van der Waals surface area contributed by atoms with Gasteiger partial charge in [-0.2, -0.15) is 0 Å². The van der Waals surface area contributed by atoms with Crippen LogP contribution in [-0.4, -0.2) is 44.0 Å². The maximum absolute atomic E-state index is 5.60. The molecule has 0 N–H and O–H groups in total. The average molecular weight is 227 g/mol. The lowest BCUT2D eigenvalue weighted by Crippen LogP contribution is -2.34. The second-order valence-corrected chi connectivity index (χ2v) is 5.01. The van der Waals surface area contributed by atoms with Gasteiger partial charge in [0.05, 0.1) is 0 Å². The predicted molar refractivity (Wildman–Crippen MR) is 64.3 cm³/mol. The number of hydrogen-bond donors (Lipinski definition) is 0. The Morgan fingerprint density at radius 3 is 2.12 bits per heavy atom. The third kappa shape index (κ3) is 2.96. The summed E-state index contributed by atoms with van der Waals surface area (Å²) in [5.41, 5.74) is 0. The monoisotopic (exact) mass is 227 g/mol. The minimum absolute atomic E-state index is 0.0196. The van der Waals surface area contributed by atoms with Crippen LogP contribution in [0.25, 0.3) is 0 Å². The fourth-order valence-corrected chi connectivity index (χ4v) is 3.22. The number of nitrogens with zero attached hydrogens (tertiary/aromatic N) is 1. The number of fused-ring (bicyclic) bond motifs is 1. The van der Waals surface area contributed by atoms with Crippen molar-refractivity contribution in [2.45, 2.75) is 39.4 Å². The molecule has 3 heteroatoms. The van der Waals surface area contributed by atoms with Crippen LogP contribution in [0, 0.1) is 11.8 Å². The molecule has 1 aliphatic carbocycles. The van der Waals surface area contributed by atoms with Gasteiger partial charge in [0, 0.05) is 32.8 Å². The maximum atomic E-state index is 5.60. The van der Waals surface area contributed by atoms with Gasteiger partial charge in [-0.15, -0.1) is 0 Å². The van der Waals surface area contributed by atoms with Gasteiger partial charge in [0.1, 0.15) is 0 Å². The molecule has 16 heavy (non-hydrogen) atoms. The van der Waals surface area contributed by atoms with Crippen molar-refractivity contribution in [3.8, 4) is 0 Å². The molecule has 2 fully saturated rings. The fourth-order valence-electron chi connectivity index (χ4n) is 3.22. The topological polar surface area (TPSA) is 21.7 Å². The largest absolute Gasteiger partial charge is 0.352 e. The van der Waals surface area contributed by atoms with Crippen molar-refractivity contribution < 1.29 is 9.47 Å². The molecule has 0 bridgehead atoms. The Kier molecular flexibility index (Phi) is 4.62. The molecule has 0 amide bonds. The molecule has 1 saturated carbocycles. The zero-order valence-electron chi connectivity index (χ0n) is 10.7. The zero-order valence-corrected chi connectivity index (χ0v) is 10.7. The van der Waals surface area contributed by atoms with E-state index in [-0.39, 0.29) is 6.29 Å². The quantitative estimate of drug-likeness (QED) is 0.649. The molecule has 0 radical (unpaired) electrons. The van der Waals surface area contributed by atoms with E-state index in [1.54, 1.807) is 0 Å². The molecule has 94 valence electrons. The molecule has 1 heterocycles. The number of hydrogen-bond acceptors (Lipinski definition) is 3. The Morgan fingerprint density at radius 1 is 1.06 bits per heavy atom. The van der Waals surface area contributed by atoms with Gasteiger partial charge in [0.25, 0.3) is 0 Å². The molecule has 2 atom stereocenters. The minimum atomic E-state index is -0.0196. The van der Waals surface area contributed by atoms with E-state index >= 15 is 0 Å². The molecular weight excluding hydrogens is 202 g/mol. The van der Waals surface area contributed by atoms with E-state index in [2.05, 4.69) is 4.90 Å². The molecule has 2 rings (SSSR count). The van der Waals surface area contributed by atoms with Crippen LogP contribution in [-0.2, 0) is 9.47 Å². The third-order valence-corrected chi connectivity index (χ3v) is 3.91. The Balaban J connectivity index is 1.75. The molecule has 2 unspecified atom stereocenters. The summed E-state index contributed by atoms with van der Waals surface area (Å²) in [6.07, 6.45) is 4.31. The lowest BCUT2D eigenvalue weighted by Gasteiger charge is -2.23. The first-order valence-corrected chi connectivity index (χ1v) is 6.79. The van der Waals surface area contributed by atoms with Crippen molar-refractivity contribution in [1.29, 1.82) is 0 Å². The molecule has 1 saturated heterocycles. The maximum Gasteiger partial charge on any atom is 0.170 e. The summed E-state index contributed by atoms with van der Waals surface area (Å²) in [6.45, 7) is 9.03. The number of likely N-dealkylation sites (tertiary alicyclic amines) is 1. The van der Waals surface area contributed by atoms with Crippen LogP contribution in [0.5, 0.6) is 0 Å². The third-order valence-electron chi connectivity index (χ3n) is 3.91. The fraction of sp³-hybridized carbons (Fsp3) is 1.00. The van der Waals surface area contributed by atoms with Gasteiger partial charge < -0.3 is 9.47 Å². The van der Waals surface area contributed by atoms with Gasteiger partial charge >= 0.3 is 0 Å². The van der Waals surface area contributed by atoms with E-state index in [9.17, 15) is 0 Å². The molecule has 0 spiro atoms. The van der Waals surface area contributed by atoms with Crippen molar-refractivity contribution in [2.24, 2.45) is 11.8 Å². The number of rotatable bonds is 6. The predicted octanol–water partition coefficient (Wildman–Crippen LogP) is 2.12. The molecule has 3 nitrogen and oxygen atoms in total. The van der Waals surface area contributed by atoms with E-state index < -0.39 is 0 Å². The Labute approximate surface area is 99.1 Å². The molecule has 0 aromatic carbocycles. The van der Waals surface area contributed by atoms with E-state index in [0.717, 1.165) is 31.6 Å². The van der Waals surface area contributed by atoms with Gasteiger partial charge in [-0.25, -0.2) is 0 Å². The highest BCUT2D eigenvalue weighted by atomic mass is 16.7. The lowest BCUT2D eigenvalue weighted by atomic mass is 10.0. The summed E-state index contributed by atoms with van der Waals surface area (Å²) in [7, 11) is 0. The standard InChI is InChI=1S/C13H25NO2/c1-3-15-13(16-4-2)10-14-8-11-6-5-7-12(11)9-14/h11-13H,3-10H2,1-2H3. The van der Waals surface area contributed by atoms with E-state index in [4.69, 9.17) is 9.47 Å². The summed E-state index contributed by atoms with van der Waals surface area (Å²) in [5, 5.41) is 0. The van der Waals surface area contributed by atoms with Crippen LogP contribution in [0.1, 0.15) is 33.1 Å². The van der Waals surface area contributed by atoms with Crippen molar-refractivity contribution in [3.05, 3.63) is 0 Å². The minimum Gasteiger partial charge on any atom is -0.352 e. The summed E-state index contributed by atoms with van der Waals surface area (Å²) < 4.78 is 11.2. The van der Waals surface area contributed by atoms with E-state index in [0.29, 0.717) is 0 Å². The molecule has 0 aromatic rings. The smallest absolute Gasteiger partial charge is 0.170 e. The Hall–Kier alpha value is -0.120. The second-order valence-electron chi connectivity index (χ2n) is 5.01. The van der Waals surface area contributed by atoms with Gasteiger partial charge in [0.15, 0.2) is 6.29 Å². The second kappa shape index (κ2) is 5.99. The normalized spacial score (nSPS) is 30.2. The van der Waals surface area contributed by atoms with Gasteiger partial charge in [-0.05, 0) is 38.5 Å². The first kappa shape index (κ1) is 12.3. The van der Waals surface area contributed by atoms with Crippen LogP contribution in [0.2, 0.25) is 0 Å². The highest BCUT2D eigenvalue weighted by Crippen LogP contribution is 2.37. The molecule has 0 aromatic heterocycles. The van der Waals surface area contributed by atoms with Crippen molar-refractivity contribution in [3.63, 3.8) is 0 Å². The van der Waals surface area contributed by atoms with Crippen LogP contribution in [0.3, 0.4) is 0 Å². The van der Waals surface area contributed by atoms with Crippen LogP contribution >= 0.6 is 0 Å². The highest BCUT2D eigenvalue weighted by Gasteiger charge is 2.36. The SMILES string of the molecule is CCOC(CN1CC2CCCC2C1)OCC. The Bertz CT molecular complexity index is 192. The summed E-state index contributed by atoms with van der Waals surface area (Å²) in [6, 6.07) is 0. The van der Waals surface area contributed by atoms with E-state index in [1.807, 2.05) is 13.8 Å². The highest BCUT2D eigenvalue weighted by molar-refractivity contribution is 4.88. The van der Waals surface area contributed by atoms with E-state index in [1.165, 1.54) is 32.4 Å². The van der Waals surface area contributed by atoms with Crippen LogP contribution in [0.15, 0.2) is 0 Å². The number of ether oxygens (including phenoxy) is 2. The van der Waals surface area contributed by atoms with Gasteiger partial charge in [-0.1, -0.05) is 6.42 Å². The zero-order chi connectivity index (χ0) is 11.4. The molecular formula is C13H25NO2. The van der Waals surface area contributed by atoms with Crippen molar-refractivity contribution in [2.75, 3.05) is 32.8 Å². The van der Waals surface area contributed by atoms with Crippen molar-refractivity contribution >= 4 is 0 Å². The summed E-state index contributed by atoms with van der Waals surface area (Å²) in [4.78, 5) is 2.53.